The Bertz CT molecular complexity index is 547. The monoisotopic (exact) mass is 276 g/mol. The lowest BCUT2D eigenvalue weighted by atomic mass is 9.95. The van der Waals surface area contributed by atoms with Crippen molar-refractivity contribution >= 4 is 16.5 Å². The van der Waals surface area contributed by atoms with Gasteiger partial charge in [-0.1, -0.05) is 55.5 Å². The molecule has 3 nitrogen and oxygen atoms in total. The highest BCUT2D eigenvalue weighted by Crippen LogP contribution is 2.36. The lowest BCUT2D eigenvalue weighted by Crippen LogP contribution is -2.27. The summed E-state index contributed by atoms with van der Waals surface area (Å²) in [4.78, 5) is 5.13. The lowest BCUT2D eigenvalue weighted by molar-refractivity contribution is 0.448. The van der Waals surface area contributed by atoms with E-state index in [9.17, 15) is 5.11 Å². The molecule has 0 unspecified atom stereocenters. The van der Waals surface area contributed by atoms with Crippen molar-refractivity contribution in [2.75, 3.05) is 5.32 Å². The summed E-state index contributed by atoms with van der Waals surface area (Å²) < 4.78 is 0. The molecule has 0 amide bonds. The van der Waals surface area contributed by atoms with Crippen LogP contribution in [0.5, 0.6) is 5.88 Å². The molecule has 0 fully saturated rings. The maximum atomic E-state index is 9.83. The van der Waals surface area contributed by atoms with Gasteiger partial charge >= 0.3 is 0 Å². The highest BCUT2D eigenvalue weighted by atomic mass is 32.1. The second-order valence-electron chi connectivity index (χ2n) is 5.48. The maximum Gasteiger partial charge on any atom is 0.227 e. The zero-order valence-corrected chi connectivity index (χ0v) is 12.6. The molecule has 0 aliphatic rings. The molecule has 2 aromatic rings. The molecule has 19 heavy (non-hydrogen) atoms. The van der Waals surface area contributed by atoms with Crippen LogP contribution in [0.25, 0.3) is 0 Å². The summed E-state index contributed by atoms with van der Waals surface area (Å²) in [5.41, 5.74) is 0.968. The van der Waals surface area contributed by atoms with Gasteiger partial charge in [0.15, 0.2) is 5.13 Å². The predicted octanol–water partition coefficient (Wildman–Crippen LogP) is 4.32. The Morgan fingerprint density at radius 1 is 1.21 bits per heavy atom. The van der Waals surface area contributed by atoms with E-state index in [1.54, 1.807) is 0 Å². The summed E-state index contributed by atoms with van der Waals surface area (Å²) in [6.07, 6.45) is 0. The Labute approximate surface area is 118 Å². The fraction of sp³-hybridized carbons (Fsp3) is 0.400. The number of aromatic hydroxyl groups is 1. The number of hydrogen-bond donors (Lipinski definition) is 2. The number of rotatable bonds is 4. The fourth-order valence-electron chi connectivity index (χ4n) is 1.95. The lowest BCUT2D eigenvalue weighted by Gasteiger charge is -2.26. The molecule has 0 radical (unpaired) electrons. The molecular formula is C15H20N2OS. The van der Waals surface area contributed by atoms with Crippen LogP contribution >= 0.6 is 11.3 Å². The molecule has 1 aromatic heterocycles. The van der Waals surface area contributed by atoms with E-state index in [0.29, 0.717) is 0 Å². The zero-order valence-electron chi connectivity index (χ0n) is 11.8. The zero-order chi connectivity index (χ0) is 14.0. The normalized spacial score (nSPS) is 11.8. The Balaban J connectivity index is 2.23. The number of nitrogens with one attached hydrogen (secondary N) is 1. The minimum absolute atomic E-state index is 0.145. The van der Waals surface area contributed by atoms with Crippen LogP contribution in [0, 0.1) is 0 Å². The number of hydrogen-bond acceptors (Lipinski definition) is 4. The summed E-state index contributed by atoms with van der Waals surface area (Å²) in [6, 6.07) is 10.2. The molecule has 1 heterocycles. The van der Waals surface area contributed by atoms with Crippen LogP contribution in [0.4, 0.5) is 5.13 Å². The highest BCUT2D eigenvalue weighted by Gasteiger charge is 2.23. The Hall–Kier alpha value is -1.55. The maximum absolute atomic E-state index is 9.83. The first-order chi connectivity index (χ1) is 8.90. The average Bonchev–Trinajstić information content (AvgIpc) is 2.71. The molecular weight excluding hydrogens is 256 g/mol. The molecule has 0 bridgehead atoms. The average molecular weight is 276 g/mol. The highest BCUT2D eigenvalue weighted by molar-refractivity contribution is 7.16. The van der Waals surface area contributed by atoms with Crippen LogP contribution in [0.1, 0.15) is 44.1 Å². The van der Waals surface area contributed by atoms with Gasteiger partial charge in [0.05, 0.1) is 10.4 Å². The summed E-state index contributed by atoms with van der Waals surface area (Å²) in [5, 5.41) is 14.0. The smallest absolute Gasteiger partial charge is 0.227 e. The molecule has 1 aromatic carbocycles. The van der Waals surface area contributed by atoms with Crippen molar-refractivity contribution in [2.45, 2.75) is 39.2 Å². The fourth-order valence-corrected chi connectivity index (χ4v) is 2.97. The largest absolute Gasteiger partial charge is 0.492 e. The summed E-state index contributed by atoms with van der Waals surface area (Å²) in [7, 11) is 0. The van der Waals surface area contributed by atoms with E-state index in [2.05, 4.69) is 50.1 Å². The third kappa shape index (κ3) is 3.07. The Morgan fingerprint density at radius 2 is 1.84 bits per heavy atom. The Kier molecular flexibility index (Phi) is 3.80. The van der Waals surface area contributed by atoms with Gasteiger partial charge in [-0.2, -0.15) is 4.98 Å². The molecule has 2 N–H and O–H groups in total. The number of benzene rings is 1. The van der Waals surface area contributed by atoms with Gasteiger partial charge in [-0.3, -0.25) is 0 Å². The molecule has 0 atom stereocenters. The second kappa shape index (κ2) is 5.21. The van der Waals surface area contributed by atoms with Gasteiger partial charge in [-0.25, -0.2) is 0 Å². The van der Waals surface area contributed by atoms with Crippen LogP contribution in [0.2, 0.25) is 0 Å². The molecule has 0 saturated heterocycles. The molecule has 102 valence electrons. The number of aromatic nitrogens is 1. The van der Waals surface area contributed by atoms with E-state index in [4.69, 9.17) is 0 Å². The van der Waals surface area contributed by atoms with Crippen molar-refractivity contribution in [3.05, 3.63) is 40.8 Å². The van der Waals surface area contributed by atoms with Crippen LogP contribution in [-0.2, 0) is 5.54 Å². The topological polar surface area (TPSA) is 45.2 Å². The van der Waals surface area contributed by atoms with Crippen molar-refractivity contribution in [3.8, 4) is 5.88 Å². The van der Waals surface area contributed by atoms with E-state index in [1.807, 2.05) is 18.2 Å². The summed E-state index contributed by atoms with van der Waals surface area (Å²) in [5.74, 6) is 0.430. The predicted molar refractivity (Wildman–Crippen MR) is 81.0 cm³/mol. The van der Waals surface area contributed by atoms with E-state index in [-0.39, 0.29) is 17.3 Å². The van der Waals surface area contributed by atoms with Crippen molar-refractivity contribution in [2.24, 2.45) is 0 Å². The van der Waals surface area contributed by atoms with Gasteiger partial charge in [0.25, 0.3) is 0 Å². The van der Waals surface area contributed by atoms with Crippen LogP contribution < -0.4 is 5.32 Å². The van der Waals surface area contributed by atoms with Crippen molar-refractivity contribution in [1.29, 1.82) is 0 Å². The van der Waals surface area contributed by atoms with E-state index >= 15 is 0 Å². The van der Waals surface area contributed by atoms with Crippen molar-refractivity contribution in [1.82, 2.24) is 4.98 Å². The number of anilines is 1. The van der Waals surface area contributed by atoms with Gasteiger partial charge in [0.2, 0.25) is 5.88 Å². The van der Waals surface area contributed by atoms with Crippen molar-refractivity contribution in [3.63, 3.8) is 0 Å². The van der Waals surface area contributed by atoms with E-state index in [1.165, 1.54) is 16.9 Å². The first-order valence-corrected chi connectivity index (χ1v) is 7.25. The summed E-state index contributed by atoms with van der Waals surface area (Å²) >= 11 is 1.52. The SMILES string of the molecule is CC(C)c1sc(NC(C)(C)c2ccccc2)nc1O. The minimum atomic E-state index is -0.222. The minimum Gasteiger partial charge on any atom is -0.492 e. The van der Waals surface area contributed by atoms with Gasteiger partial charge < -0.3 is 10.4 Å². The van der Waals surface area contributed by atoms with Gasteiger partial charge in [-0.15, -0.1) is 0 Å². The first kappa shape index (κ1) is 13.9. The van der Waals surface area contributed by atoms with E-state index in [0.717, 1.165) is 10.0 Å². The third-order valence-electron chi connectivity index (χ3n) is 3.07. The quantitative estimate of drug-likeness (QED) is 0.874. The van der Waals surface area contributed by atoms with E-state index < -0.39 is 0 Å². The van der Waals surface area contributed by atoms with Crippen LogP contribution in [0.15, 0.2) is 30.3 Å². The molecule has 0 aliphatic heterocycles. The second-order valence-corrected chi connectivity index (χ2v) is 6.51. The number of nitrogens with zero attached hydrogens (tertiary/aromatic N) is 1. The standard InChI is InChI=1S/C15H20N2OS/c1-10(2)12-13(18)16-14(19-12)17-15(3,4)11-8-6-5-7-9-11/h5-10,18H,1-4H3,(H,16,17). The molecule has 0 saturated carbocycles. The summed E-state index contributed by atoms with van der Waals surface area (Å²) in [6.45, 7) is 8.32. The van der Waals surface area contributed by atoms with Crippen molar-refractivity contribution < 1.29 is 5.11 Å². The third-order valence-corrected chi connectivity index (χ3v) is 4.33. The Morgan fingerprint density at radius 3 is 2.37 bits per heavy atom. The van der Waals surface area contributed by atoms with Gasteiger partial charge in [0, 0.05) is 0 Å². The first-order valence-electron chi connectivity index (χ1n) is 6.43. The molecule has 2 rings (SSSR count). The molecule has 0 spiro atoms. The van der Waals surface area contributed by atoms with Crippen LogP contribution in [0.3, 0.4) is 0 Å². The number of thiazole rings is 1. The van der Waals surface area contributed by atoms with Crippen LogP contribution in [-0.4, -0.2) is 10.1 Å². The van der Waals surface area contributed by atoms with Gasteiger partial charge in [-0.05, 0) is 25.3 Å². The molecule has 4 heteroatoms. The molecule has 0 aliphatic carbocycles. The van der Waals surface area contributed by atoms with Gasteiger partial charge in [0.1, 0.15) is 0 Å².